The van der Waals surface area contributed by atoms with Crippen molar-refractivity contribution >= 4 is 27.1 Å². The van der Waals surface area contributed by atoms with Crippen molar-refractivity contribution in [3.8, 4) is 5.69 Å². The lowest BCUT2D eigenvalue weighted by Gasteiger charge is -2.26. The van der Waals surface area contributed by atoms with Crippen LogP contribution < -0.4 is 5.56 Å². The van der Waals surface area contributed by atoms with Crippen molar-refractivity contribution in [2.45, 2.75) is 25.8 Å². The Morgan fingerprint density at radius 1 is 1.04 bits per heavy atom. The molecule has 0 amide bonds. The van der Waals surface area contributed by atoms with E-state index >= 15 is 0 Å². The van der Waals surface area contributed by atoms with Crippen LogP contribution in [-0.4, -0.2) is 49.1 Å². The van der Waals surface area contributed by atoms with Crippen LogP contribution >= 0.6 is 15.9 Å². The van der Waals surface area contributed by atoms with Crippen molar-refractivity contribution < 1.29 is 0 Å². The first kappa shape index (κ1) is 16.4. The fourth-order valence-corrected chi connectivity index (χ4v) is 3.46. The molecule has 0 unspecified atom stereocenters. The van der Waals surface area contributed by atoms with Crippen LogP contribution in [0.25, 0.3) is 16.9 Å². The summed E-state index contributed by atoms with van der Waals surface area (Å²) in [4.78, 5) is 19.5. The van der Waals surface area contributed by atoms with Gasteiger partial charge in [0.05, 0.1) is 5.69 Å². The number of aromatic nitrogens is 5. The van der Waals surface area contributed by atoms with E-state index in [-0.39, 0.29) is 5.56 Å². The zero-order valence-corrected chi connectivity index (χ0v) is 15.4. The van der Waals surface area contributed by atoms with Crippen molar-refractivity contribution in [2.75, 3.05) is 19.6 Å². The lowest BCUT2D eigenvalue weighted by atomic mass is 10.1. The van der Waals surface area contributed by atoms with Crippen LogP contribution in [0.5, 0.6) is 0 Å². The largest absolute Gasteiger partial charge is 0.302 e. The SMILES string of the molecule is O=c1c2nnn(-c3ccc(Br)cc3)c2ncn1CCN1CCCCC1. The highest BCUT2D eigenvalue weighted by atomic mass is 79.9. The Morgan fingerprint density at radius 2 is 1.80 bits per heavy atom. The molecule has 0 spiro atoms. The molecular weight excluding hydrogens is 384 g/mol. The van der Waals surface area contributed by atoms with E-state index in [0.717, 1.165) is 29.8 Å². The molecule has 25 heavy (non-hydrogen) atoms. The Balaban J connectivity index is 1.60. The van der Waals surface area contributed by atoms with Crippen molar-refractivity contribution in [1.82, 2.24) is 29.4 Å². The maximum absolute atomic E-state index is 12.7. The molecule has 1 aromatic carbocycles. The Bertz CT molecular complexity index is 926. The number of hydrogen-bond donors (Lipinski definition) is 0. The molecule has 7 nitrogen and oxygen atoms in total. The fraction of sp³-hybridized carbons (Fsp3) is 0.412. The topological polar surface area (TPSA) is 68.8 Å². The van der Waals surface area contributed by atoms with E-state index in [4.69, 9.17) is 0 Å². The number of rotatable bonds is 4. The van der Waals surface area contributed by atoms with E-state index in [1.807, 2.05) is 24.3 Å². The predicted molar refractivity (Wildman–Crippen MR) is 98.9 cm³/mol. The van der Waals surface area contributed by atoms with Gasteiger partial charge in [-0.15, -0.1) is 5.10 Å². The van der Waals surface area contributed by atoms with E-state index in [9.17, 15) is 4.79 Å². The molecule has 8 heteroatoms. The Labute approximate surface area is 153 Å². The van der Waals surface area contributed by atoms with Gasteiger partial charge in [0.15, 0.2) is 11.2 Å². The van der Waals surface area contributed by atoms with Crippen LogP contribution in [0.2, 0.25) is 0 Å². The summed E-state index contributed by atoms with van der Waals surface area (Å²) in [7, 11) is 0. The van der Waals surface area contributed by atoms with Crippen molar-refractivity contribution in [2.24, 2.45) is 0 Å². The van der Waals surface area contributed by atoms with Gasteiger partial charge < -0.3 is 4.90 Å². The molecule has 0 atom stereocenters. The highest BCUT2D eigenvalue weighted by Crippen LogP contribution is 2.16. The van der Waals surface area contributed by atoms with E-state index in [2.05, 4.69) is 36.1 Å². The quantitative estimate of drug-likeness (QED) is 0.668. The maximum Gasteiger partial charge on any atom is 0.283 e. The van der Waals surface area contributed by atoms with Gasteiger partial charge in [0.2, 0.25) is 0 Å². The highest BCUT2D eigenvalue weighted by Gasteiger charge is 2.14. The molecule has 1 saturated heterocycles. The third kappa shape index (κ3) is 3.36. The minimum atomic E-state index is -0.134. The number of likely N-dealkylation sites (tertiary alicyclic amines) is 1. The standard InChI is InChI=1S/C17H19BrN6O/c18-13-4-6-14(7-5-13)24-16-15(20-21-24)17(25)23(12-19-16)11-10-22-8-2-1-3-9-22/h4-7,12H,1-3,8-11H2. The normalized spacial score (nSPS) is 15.7. The van der Waals surface area contributed by atoms with Crippen LogP contribution in [-0.2, 0) is 6.54 Å². The summed E-state index contributed by atoms with van der Waals surface area (Å²) < 4.78 is 4.21. The zero-order chi connectivity index (χ0) is 17.2. The Hall–Kier alpha value is -2.06. The number of piperidine rings is 1. The smallest absolute Gasteiger partial charge is 0.283 e. The monoisotopic (exact) mass is 402 g/mol. The molecular formula is C17H19BrN6O. The van der Waals surface area contributed by atoms with Gasteiger partial charge in [-0.3, -0.25) is 9.36 Å². The molecule has 1 aliphatic rings. The summed E-state index contributed by atoms with van der Waals surface area (Å²) in [5, 5.41) is 8.18. The van der Waals surface area contributed by atoms with E-state index in [1.54, 1.807) is 15.6 Å². The first-order valence-electron chi connectivity index (χ1n) is 8.51. The maximum atomic E-state index is 12.7. The molecule has 0 radical (unpaired) electrons. The lowest BCUT2D eigenvalue weighted by Crippen LogP contribution is -2.34. The van der Waals surface area contributed by atoms with Gasteiger partial charge in [-0.2, -0.15) is 4.68 Å². The summed E-state index contributed by atoms with van der Waals surface area (Å²) in [6.07, 6.45) is 5.40. The number of nitrogens with zero attached hydrogens (tertiary/aromatic N) is 6. The second-order valence-corrected chi connectivity index (χ2v) is 7.21. The van der Waals surface area contributed by atoms with Crippen LogP contribution in [0.15, 0.2) is 39.9 Å². The lowest BCUT2D eigenvalue weighted by molar-refractivity contribution is 0.220. The summed E-state index contributed by atoms with van der Waals surface area (Å²) in [6.45, 7) is 3.73. The summed E-state index contributed by atoms with van der Waals surface area (Å²) in [5.41, 5.74) is 1.49. The van der Waals surface area contributed by atoms with Gasteiger partial charge in [0, 0.05) is 17.6 Å². The summed E-state index contributed by atoms with van der Waals surface area (Å²) >= 11 is 3.41. The molecule has 3 heterocycles. The van der Waals surface area contributed by atoms with Crippen molar-refractivity contribution in [3.05, 3.63) is 45.4 Å². The fourth-order valence-electron chi connectivity index (χ4n) is 3.19. The number of halogens is 1. The second kappa shape index (κ2) is 7.05. The molecule has 3 aromatic rings. The Kier molecular flexibility index (Phi) is 4.63. The average Bonchev–Trinajstić information content (AvgIpc) is 3.08. The number of benzene rings is 1. The first-order valence-corrected chi connectivity index (χ1v) is 9.31. The van der Waals surface area contributed by atoms with Gasteiger partial charge in [-0.25, -0.2) is 4.98 Å². The van der Waals surface area contributed by atoms with E-state index in [1.165, 1.54) is 19.3 Å². The molecule has 130 valence electrons. The average molecular weight is 403 g/mol. The van der Waals surface area contributed by atoms with Crippen LogP contribution in [0, 0.1) is 0 Å². The molecule has 0 N–H and O–H groups in total. The van der Waals surface area contributed by atoms with Gasteiger partial charge in [0.25, 0.3) is 5.56 Å². The first-order chi connectivity index (χ1) is 12.2. The third-order valence-electron chi connectivity index (χ3n) is 4.61. The second-order valence-electron chi connectivity index (χ2n) is 6.30. The molecule has 2 aromatic heterocycles. The molecule has 0 bridgehead atoms. The van der Waals surface area contributed by atoms with Gasteiger partial charge >= 0.3 is 0 Å². The number of hydrogen-bond acceptors (Lipinski definition) is 5. The third-order valence-corrected chi connectivity index (χ3v) is 5.14. The van der Waals surface area contributed by atoms with Gasteiger partial charge in [0.1, 0.15) is 6.33 Å². The molecule has 1 aliphatic heterocycles. The zero-order valence-electron chi connectivity index (χ0n) is 13.8. The molecule has 0 saturated carbocycles. The predicted octanol–water partition coefficient (Wildman–Crippen LogP) is 2.23. The van der Waals surface area contributed by atoms with Crippen molar-refractivity contribution in [3.63, 3.8) is 0 Å². The van der Waals surface area contributed by atoms with Crippen LogP contribution in [0.3, 0.4) is 0 Å². The molecule has 4 rings (SSSR count). The van der Waals surface area contributed by atoms with Gasteiger partial charge in [-0.05, 0) is 50.2 Å². The van der Waals surface area contributed by atoms with E-state index < -0.39 is 0 Å². The Morgan fingerprint density at radius 3 is 2.56 bits per heavy atom. The van der Waals surface area contributed by atoms with Crippen molar-refractivity contribution in [1.29, 1.82) is 0 Å². The van der Waals surface area contributed by atoms with Crippen LogP contribution in [0.4, 0.5) is 0 Å². The van der Waals surface area contributed by atoms with Gasteiger partial charge in [-0.1, -0.05) is 27.6 Å². The molecule has 0 aliphatic carbocycles. The molecule has 1 fully saturated rings. The van der Waals surface area contributed by atoms with Crippen LogP contribution in [0.1, 0.15) is 19.3 Å². The minimum Gasteiger partial charge on any atom is -0.302 e. The highest BCUT2D eigenvalue weighted by molar-refractivity contribution is 9.10. The number of fused-ring (bicyclic) bond motifs is 1. The summed E-state index contributed by atoms with van der Waals surface area (Å²) in [5.74, 6) is 0. The summed E-state index contributed by atoms with van der Waals surface area (Å²) in [6, 6.07) is 7.65. The van der Waals surface area contributed by atoms with E-state index in [0.29, 0.717) is 17.7 Å². The minimum absolute atomic E-state index is 0.134.